The number of pyridine rings is 1. The van der Waals surface area contributed by atoms with E-state index in [4.69, 9.17) is 4.11 Å². The third-order valence-electron chi connectivity index (χ3n) is 8.05. The number of rotatable bonds is 4. The van der Waals surface area contributed by atoms with Crippen LogP contribution in [-0.2, 0) is 0 Å². The van der Waals surface area contributed by atoms with Gasteiger partial charge in [-0.3, -0.25) is 9.55 Å². The zero-order valence-corrected chi connectivity index (χ0v) is 22.7. The van der Waals surface area contributed by atoms with Gasteiger partial charge in [-0.25, -0.2) is 4.98 Å². The maximum Gasteiger partial charge on any atom is 0.111 e. The van der Waals surface area contributed by atoms with Crippen molar-refractivity contribution < 1.29 is 4.11 Å². The molecule has 0 fully saturated rings. The number of aromatic nitrogens is 3. The van der Waals surface area contributed by atoms with Crippen LogP contribution in [0.2, 0.25) is 0 Å². The number of nitrogens with zero attached hydrogens (tertiary/aromatic N) is 3. The van der Waals surface area contributed by atoms with Gasteiger partial charge in [0.05, 0.1) is 11.0 Å². The Labute approximate surface area is 248 Å². The number of hydrogen-bond donors (Lipinski definition) is 0. The third kappa shape index (κ3) is 3.90. The van der Waals surface area contributed by atoms with Crippen LogP contribution in [0.3, 0.4) is 0 Å². The van der Waals surface area contributed by atoms with E-state index < -0.39 is 6.85 Å². The first-order chi connectivity index (χ1) is 22.0. The predicted octanol–water partition coefficient (Wildman–Crippen LogP) is 10.0. The summed E-state index contributed by atoms with van der Waals surface area (Å²) in [6, 6.07) is 45.6. The van der Waals surface area contributed by atoms with E-state index in [2.05, 4.69) is 94.9 Å². The number of imidazole rings is 1. The minimum absolute atomic E-state index is 0.0555. The van der Waals surface area contributed by atoms with Gasteiger partial charge < -0.3 is 0 Å². The van der Waals surface area contributed by atoms with Crippen LogP contribution in [0.25, 0.3) is 71.6 Å². The Hall–Kier alpha value is -5.54. The SMILES string of the molecule is [2H]C([2H])([2H])c1nc2ccccc2n1-c1cccc(-c2c3ccccc3c(-c3cccc(-c4ccncc4)c3)c3ccccc23)c1. The number of fused-ring (bicyclic) bond motifs is 3. The van der Waals surface area contributed by atoms with Crippen molar-refractivity contribution in [1.29, 1.82) is 0 Å². The highest BCUT2D eigenvalue weighted by atomic mass is 15.1. The minimum Gasteiger partial charge on any atom is -0.297 e. The van der Waals surface area contributed by atoms with E-state index in [0.717, 1.165) is 60.6 Å². The van der Waals surface area contributed by atoms with Gasteiger partial charge in [0.2, 0.25) is 0 Å². The zero-order chi connectivity index (χ0) is 30.5. The first-order valence-corrected chi connectivity index (χ1v) is 14.0. The molecule has 6 aromatic carbocycles. The third-order valence-corrected chi connectivity index (χ3v) is 8.05. The van der Waals surface area contributed by atoms with E-state index in [9.17, 15) is 0 Å². The smallest absolute Gasteiger partial charge is 0.111 e. The Morgan fingerprint density at radius 2 is 1.10 bits per heavy atom. The lowest BCUT2D eigenvalue weighted by atomic mass is 9.85. The summed E-state index contributed by atoms with van der Waals surface area (Å²) in [5, 5.41) is 4.56. The summed E-state index contributed by atoms with van der Waals surface area (Å²) in [6.45, 7) is -2.37. The molecule has 0 unspecified atom stereocenters. The van der Waals surface area contributed by atoms with Crippen molar-refractivity contribution in [2.75, 3.05) is 0 Å². The fraction of sp³-hybridized carbons (Fsp3) is 0.0256. The molecule has 0 atom stereocenters. The highest BCUT2D eigenvalue weighted by molar-refractivity contribution is 6.21. The quantitative estimate of drug-likeness (QED) is 0.208. The van der Waals surface area contributed by atoms with Crippen LogP contribution < -0.4 is 0 Å². The molecule has 3 nitrogen and oxygen atoms in total. The second-order valence-electron chi connectivity index (χ2n) is 10.5. The largest absolute Gasteiger partial charge is 0.297 e. The number of para-hydroxylation sites is 2. The topological polar surface area (TPSA) is 30.7 Å². The standard InChI is InChI=1S/C39H27N3/c1-26-41-36-18-6-7-19-37(36)42(26)31-13-9-12-30(25-31)39-34-16-4-2-14-32(34)38(33-15-3-5-17-35(33)39)29-11-8-10-28(24-29)27-20-22-40-23-21-27/h2-25H,1H3/i1D3. The molecule has 8 rings (SSSR count). The minimum atomic E-state index is -2.37. The summed E-state index contributed by atoms with van der Waals surface area (Å²) in [5.74, 6) is 0.0555. The van der Waals surface area contributed by atoms with E-state index in [1.54, 1.807) is 4.57 Å². The van der Waals surface area contributed by atoms with E-state index in [1.807, 2.05) is 60.9 Å². The molecule has 0 amide bonds. The molecule has 0 saturated heterocycles. The van der Waals surface area contributed by atoms with E-state index in [0.29, 0.717) is 5.52 Å². The normalized spacial score (nSPS) is 12.8. The summed E-state index contributed by atoms with van der Waals surface area (Å²) in [6.07, 6.45) is 3.65. The molecule has 3 heteroatoms. The molecule has 0 aliphatic heterocycles. The highest BCUT2D eigenvalue weighted by Gasteiger charge is 2.18. The van der Waals surface area contributed by atoms with Gasteiger partial charge in [-0.2, -0.15) is 0 Å². The van der Waals surface area contributed by atoms with Crippen molar-refractivity contribution in [3.05, 3.63) is 152 Å². The molecule has 0 aliphatic carbocycles. The van der Waals surface area contributed by atoms with Gasteiger partial charge in [-0.05, 0) is 104 Å². The van der Waals surface area contributed by atoms with Crippen LogP contribution in [0.15, 0.2) is 146 Å². The van der Waals surface area contributed by atoms with Gasteiger partial charge >= 0.3 is 0 Å². The molecule has 198 valence electrons. The average molecular weight is 541 g/mol. The lowest BCUT2D eigenvalue weighted by Gasteiger charge is -2.19. The zero-order valence-electron chi connectivity index (χ0n) is 25.7. The maximum absolute atomic E-state index is 8.25. The molecular formula is C39H27N3. The summed E-state index contributed by atoms with van der Waals surface area (Å²) >= 11 is 0. The Balaban J connectivity index is 1.39. The van der Waals surface area contributed by atoms with Gasteiger partial charge in [-0.15, -0.1) is 0 Å². The summed E-state index contributed by atoms with van der Waals surface area (Å²) in [4.78, 5) is 8.73. The fourth-order valence-corrected chi connectivity index (χ4v) is 6.24. The Morgan fingerprint density at radius 3 is 1.76 bits per heavy atom. The molecule has 0 aliphatic rings. The van der Waals surface area contributed by atoms with Crippen molar-refractivity contribution in [1.82, 2.24) is 14.5 Å². The maximum atomic E-state index is 8.25. The summed E-state index contributed by atoms with van der Waals surface area (Å²) < 4.78 is 26.5. The number of hydrogen-bond acceptors (Lipinski definition) is 2. The summed E-state index contributed by atoms with van der Waals surface area (Å²) in [5.41, 5.74) is 8.88. The van der Waals surface area contributed by atoms with E-state index in [-0.39, 0.29) is 5.82 Å². The van der Waals surface area contributed by atoms with Crippen LogP contribution in [-0.4, -0.2) is 14.5 Å². The van der Waals surface area contributed by atoms with Crippen LogP contribution in [0, 0.1) is 6.85 Å². The Morgan fingerprint density at radius 1 is 0.524 bits per heavy atom. The second-order valence-corrected chi connectivity index (χ2v) is 10.5. The summed E-state index contributed by atoms with van der Waals surface area (Å²) in [7, 11) is 0. The van der Waals surface area contributed by atoms with Crippen LogP contribution >= 0.6 is 0 Å². The molecule has 0 spiro atoms. The Bertz CT molecular complexity index is 2320. The van der Waals surface area contributed by atoms with Crippen molar-refractivity contribution in [3.8, 4) is 39.1 Å². The van der Waals surface area contributed by atoms with E-state index in [1.165, 1.54) is 5.56 Å². The van der Waals surface area contributed by atoms with Gasteiger partial charge in [0, 0.05) is 22.2 Å². The van der Waals surface area contributed by atoms with Crippen molar-refractivity contribution in [3.63, 3.8) is 0 Å². The molecule has 42 heavy (non-hydrogen) atoms. The number of aryl methyl sites for hydroxylation is 1. The molecule has 0 saturated carbocycles. The van der Waals surface area contributed by atoms with E-state index >= 15 is 0 Å². The van der Waals surface area contributed by atoms with Crippen molar-refractivity contribution in [2.24, 2.45) is 0 Å². The van der Waals surface area contributed by atoms with Crippen molar-refractivity contribution in [2.45, 2.75) is 6.85 Å². The van der Waals surface area contributed by atoms with Gasteiger partial charge in [-0.1, -0.05) is 91.0 Å². The molecule has 2 aromatic heterocycles. The van der Waals surface area contributed by atoms with Crippen LogP contribution in [0.5, 0.6) is 0 Å². The second kappa shape index (κ2) is 9.83. The predicted molar refractivity (Wildman–Crippen MR) is 175 cm³/mol. The first-order valence-electron chi connectivity index (χ1n) is 15.5. The fourth-order valence-electron chi connectivity index (χ4n) is 6.24. The molecule has 2 heterocycles. The molecule has 0 N–H and O–H groups in total. The number of benzene rings is 6. The monoisotopic (exact) mass is 540 g/mol. The molecule has 0 bridgehead atoms. The van der Waals surface area contributed by atoms with Gasteiger partial charge in [0.1, 0.15) is 5.82 Å². The van der Waals surface area contributed by atoms with Gasteiger partial charge in [0.15, 0.2) is 0 Å². The molecule has 0 radical (unpaired) electrons. The van der Waals surface area contributed by atoms with Gasteiger partial charge in [0.25, 0.3) is 0 Å². The molecule has 8 aromatic rings. The Kier molecular flexibility index (Phi) is 4.97. The first kappa shape index (κ1) is 21.2. The lowest BCUT2D eigenvalue weighted by Crippen LogP contribution is -1.97. The lowest BCUT2D eigenvalue weighted by molar-refractivity contribution is 1.00. The van der Waals surface area contributed by atoms with Crippen LogP contribution in [0.4, 0.5) is 0 Å². The average Bonchev–Trinajstić information content (AvgIpc) is 3.48. The molecular weight excluding hydrogens is 510 g/mol. The van der Waals surface area contributed by atoms with Crippen LogP contribution in [0.1, 0.15) is 9.94 Å². The highest BCUT2D eigenvalue weighted by Crippen LogP contribution is 2.44. The van der Waals surface area contributed by atoms with Crippen molar-refractivity contribution >= 4 is 32.6 Å².